The predicted molar refractivity (Wildman–Crippen MR) is 207 cm³/mol. The number of halogens is 2. The molecule has 0 saturated carbocycles. The van der Waals surface area contributed by atoms with Crippen LogP contribution in [-0.2, 0) is 46.3 Å². The Kier molecular flexibility index (Phi) is 13.8. The minimum atomic E-state index is -1.93. The maximum atomic E-state index is 12.6. The fraction of sp³-hybridized carbons (Fsp3) is 0.632. The molecule has 4 aliphatic heterocycles. The third kappa shape index (κ3) is 8.99. The molecular formula is C38H54Br2N2O10Si. The Hall–Kier alpha value is -2.08. The van der Waals surface area contributed by atoms with E-state index in [-0.39, 0.29) is 53.7 Å². The molecule has 0 aliphatic carbocycles. The Labute approximate surface area is 331 Å². The summed E-state index contributed by atoms with van der Waals surface area (Å²) >= 11 is 7.05. The summed E-state index contributed by atoms with van der Waals surface area (Å²) < 4.78 is 30.6. The molecule has 12 nitrogen and oxygen atoms in total. The van der Waals surface area contributed by atoms with Crippen molar-refractivity contribution in [3.63, 3.8) is 0 Å². The lowest BCUT2D eigenvalue weighted by Gasteiger charge is -2.37. The Morgan fingerprint density at radius 3 is 1.62 bits per heavy atom. The van der Waals surface area contributed by atoms with Gasteiger partial charge in [-0.25, -0.2) is 0 Å². The van der Waals surface area contributed by atoms with Crippen LogP contribution in [0.25, 0.3) is 0 Å². The van der Waals surface area contributed by atoms with Crippen molar-refractivity contribution in [3.8, 4) is 11.5 Å². The molecule has 0 unspecified atom stereocenters. The van der Waals surface area contributed by atoms with Gasteiger partial charge >= 0.3 is 11.9 Å². The van der Waals surface area contributed by atoms with Gasteiger partial charge < -0.3 is 28.5 Å². The lowest BCUT2D eigenvalue weighted by atomic mass is 9.93. The maximum Gasteiger partial charge on any atom is 0.326 e. The predicted octanol–water partition coefficient (Wildman–Crippen LogP) is 6.80. The number of nitrogens with zero attached hydrogens (tertiary/aromatic N) is 2. The summed E-state index contributed by atoms with van der Waals surface area (Å²) in [6.45, 7) is 21.0. The van der Waals surface area contributed by atoms with Gasteiger partial charge in [0.2, 0.25) is 0 Å². The highest BCUT2D eigenvalue weighted by atomic mass is 79.9. The van der Waals surface area contributed by atoms with Gasteiger partial charge in [0.05, 0.1) is 60.3 Å². The van der Waals surface area contributed by atoms with E-state index in [9.17, 15) is 14.7 Å². The second-order valence-corrected chi connectivity index (χ2v) is 21.9. The molecule has 1 N–H and O–H groups in total. The van der Waals surface area contributed by atoms with Crippen LogP contribution in [0.5, 0.6) is 11.5 Å². The van der Waals surface area contributed by atoms with Crippen LogP contribution in [0.2, 0.25) is 18.1 Å². The van der Waals surface area contributed by atoms with Crippen LogP contribution in [0.4, 0.5) is 0 Å². The number of aliphatic hydroxyl groups is 1. The number of fused-ring (bicyclic) bond motifs is 2. The monoisotopic (exact) mass is 884 g/mol. The van der Waals surface area contributed by atoms with Crippen LogP contribution < -0.4 is 9.47 Å². The number of benzene rings is 2. The van der Waals surface area contributed by atoms with Gasteiger partial charge in [-0.3, -0.25) is 19.3 Å². The molecule has 0 bridgehead atoms. The molecular weight excluding hydrogens is 832 g/mol. The average molecular weight is 887 g/mol. The Balaban J connectivity index is 0.000000211. The molecule has 0 aromatic heterocycles. The summed E-state index contributed by atoms with van der Waals surface area (Å²) in [6, 6.07) is 10.7. The van der Waals surface area contributed by atoms with E-state index >= 15 is 0 Å². The fourth-order valence-electron chi connectivity index (χ4n) is 7.12. The first-order valence-electron chi connectivity index (χ1n) is 18.4. The molecule has 4 aliphatic rings. The van der Waals surface area contributed by atoms with Gasteiger partial charge in [-0.05, 0) is 89.8 Å². The molecule has 2 aromatic carbocycles. The zero-order chi connectivity index (χ0) is 38.8. The Morgan fingerprint density at radius 2 is 1.21 bits per heavy atom. The maximum absolute atomic E-state index is 12.6. The molecule has 294 valence electrons. The van der Waals surface area contributed by atoms with Crippen molar-refractivity contribution in [2.24, 2.45) is 11.8 Å². The first-order chi connectivity index (χ1) is 25.0. The van der Waals surface area contributed by atoms with Crippen molar-refractivity contribution in [3.05, 3.63) is 56.5 Å². The minimum Gasteiger partial charge on any atom is -0.492 e. The van der Waals surface area contributed by atoms with E-state index in [4.69, 9.17) is 33.0 Å². The molecule has 0 radical (unpaired) electrons. The van der Waals surface area contributed by atoms with Crippen LogP contribution in [0.15, 0.2) is 45.3 Å². The van der Waals surface area contributed by atoms with Crippen molar-refractivity contribution < 1.29 is 47.7 Å². The molecule has 0 spiro atoms. The normalized spacial score (nSPS) is 28.6. The van der Waals surface area contributed by atoms with E-state index in [1.807, 2.05) is 64.1 Å². The van der Waals surface area contributed by atoms with E-state index in [0.29, 0.717) is 32.9 Å². The Morgan fingerprint density at radius 1 is 0.774 bits per heavy atom. The molecule has 2 aromatic rings. The fourth-order valence-corrected chi connectivity index (χ4v) is 9.18. The van der Waals surface area contributed by atoms with Gasteiger partial charge in [0, 0.05) is 11.1 Å². The second-order valence-electron chi connectivity index (χ2n) is 15.3. The molecule has 15 heteroatoms. The highest BCUT2D eigenvalue weighted by Gasteiger charge is 2.58. The zero-order valence-electron chi connectivity index (χ0n) is 32.1. The van der Waals surface area contributed by atoms with Crippen LogP contribution in [-0.4, -0.2) is 98.4 Å². The average Bonchev–Trinajstić information content (AvgIpc) is 3.81. The van der Waals surface area contributed by atoms with Crippen molar-refractivity contribution in [2.75, 3.05) is 26.4 Å². The van der Waals surface area contributed by atoms with Crippen LogP contribution >= 0.6 is 31.9 Å². The third-order valence-electron chi connectivity index (χ3n) is 10.8. The van der Waals surface area contributed by atoms with Crippen molar-refractivity contribution in [1.29, 1.82) is 0 Å². The first kappa shape index (κ1) is 42.1. The van der Waals surface area contributed by atoms with Crippen LogP contribution in [0.3, 0.4) is 0 Å². The summed E-state index contributed by atoms with van der Waals surface area (Å²) in [7, 11) is -1.93. The molecule has 4 fully saturated rings. The lowest BCUT2D eigenvalue weighted by Crippen LogP contribution is -2.44. The molecule has 8 atom stereocenters. The summed E-state index contributed by atoms with van der Waals surface area (Å²) in [4.78, 5) is 36.9. The minimum absolute atomic E-state index is 0.0510. The molecule has 53 heavy (non-hydrogen) atoms. The number of ether oxygens (including phenoxy) is 4. The summed E-state index contributed by atoms with van der Waals surface area (Å²) in [5.74, 6) is 0.782. The van der Waals surface area contributed by atoms with E-state index < -0.39 is 26.5 Å². The lowest BCUT2D eigenvalue weighted by molar-refractivity contribution is -0.196. The van der Waals surface area contributed by atoms with Gasteiger partial charge in [0.25, 0.3) is 0 Å². The topological polar surface area (TPSA) is 125 Å². The van der Waals surface area contributed by atoms with E-state index in [1.54, 1.807) is 10.1 Å². The smallest absolute Gasteiger partial charge is 0.326 e. The number of esters is 2. The highest BCUT2D eigenvalue weighted by Crippen LogP contribution is 2.43. The van der Waals surface area contributed by atoms with Gasteiger partial charge in [0.1, 0.15) is 48.0 Å². The largest absolute Gasteiger partial charge is 0.492 e. The van der Waals surface area contributed by atoms with Crippen LogP contribution in [0.1, 0.15) is 59.6 Å². The second kappa shape index (κ2) is 17.4. The molecule has 4 saturated heterocycles. The number of carbonyl (C=O) groups is 2. The van der Waals surface area contributed by atoms with Crippen molar-refractivity contribution in [2.45, 2.75) is 116 Å². The number of carbonyl (C=O) groups excluding carboxylic acids is 2. The summed E-state index contributed by atoms with van der Waals surface area (Å²) in [5.41, 5.74) is 1.87. The first-order valence-corrected chi connectivity index (χ1v) is 22.8. The summed E-state index contributed by atoms with van der Waals surface area (Å²) in [6.07, 6.45) is -1.10. The van der Waals surface area contributed by atoms with Crippen molar-refractivity contribution in [1.82, 2.24) is 10.1 Å². The number of cyclic esters (lactones) is 2. The van der Waals surface area contributed by atoms with Gasteiger partial charge in [0.15, 0.2) is 8.32 Å². The highest BCUT2D eigenvalue weighted by molar-refractivity contribution is 9.11. The number of rotatable bonds is 12. The zero-order valence-corrected chi connectivity index (χ0v) is 36.3. The quantitative estimate of drug-likeness (QED) is 0.178. The van der Waals surface area contributed by atoms with E-state index in [2.05, 4.69) is 65.7 Å². The number of para-hydroxylation sites is 2. The number of aliphatic hydroxyl groups excluding tert-OH is 1. The Bertz CT molecular complexity index is 1610. The van der Waals surface area contributed by atoms with E-state index in [1.165, 1.54) is 0 Å². The third-order valence-corrected chi connectivity index (χ3v) is 16.6. The number of hydroxylamine groups is 4. The SMILES string of the molecule is CCOc1c(Br)cccc1CN1O[C@@H](CO)[C@H]2[C@H](C)OC(=O)[C@H]21.CCOc1c(Br)cccc1CN1O[C@@H](CO[Si](C)(C)C(C)(C)C)[C@H]2[C@H](C)OC(=O)[C@H]21. The van der Waals surface area contributed by atoms with Crippen LogP contribution in [0, 0.1) is 11.8 Å². The standard InChI is InChI=1S/C22H34BrNO5Si.C16H20BrNO5/c1-8-26-20-15(10-9-11-16(20)23)12-24-19-18(14(2)28-21(19)25)17(29-24)13-27-30(6,7)22(3,4)5;1-3-21-15-10(5-4-6-11(15)17)7-18-14-13(12(8-19)23-18)9(2)22-16(14)20/h9-11,14,17-19H,8,12-13H2,1-7H3;4-6,9,12-14,19H,3,7-8H2,1-2H3/t14-,17-,18+,19-;9-,12-,13+,14-/m00/s1. The number of hydrogen-bond acceptors (Lipinski definition) is 12. The number of hydrogen-bond donors (Lipinski definition) is 1. The summed E-state index contributed by atoms with van der Waals surface area (Å²) in [5, 5.41) is 13.0. The van der Waals surface area contributed by atoms with Gasteiger partial charge in [-0.1, -0.05) is 45.0 Å². The molecule has 0 amide bonds. The van der Waals surface area contributed by atoms with E-state index in [0.717, 1.165) is 31.6 Å². The van der Waals surface area contributed by atoms with Gasteiger partial charge in [-0.2, -0.15) is 10.1 Å². The van der Waals surface area contributed by atoms with Crippen molar-refractivity contribution >= 4 is 52.1 Å². The molecule has 6 rings (SSSR count). The van der Waals surface area contributed by atoms with Gasteiger partial charge in [-0.15, -0.1) is 0 Å². The molecule has 4 heterocycles.